The molecule has 0 radical (unpaired) electrons. The number of rotatable bonds is 3. The van der Waals surface area contributed by atoms with Crippen LogP contribution in [0.15, 0.2) is 34.9 Å². The second kappa shape index (κ2) is 4.81. The lowest BCUT2D eigenvalue weighted by molar-refractivity contribution is 0.0954. The first-order valence-corrected chi connectivity index (χ1v) is 6.60. The zero-order chi connectivity index (χ0) is 13.2. The second-order valence-electron chi connectivity index (χ2n) is 4.06. The highest BCUT2D eigenvalue weighted by Gasteiger charge is 2.11. The van der Waals surface area contributed by atoms with Crippen LogP contribution >= 0.6 is 11.3 Å². The minimum Gasteiger partial charge on any atom is -0.344 e. The Bertz CT molecular complexity index is 699. The average Bonchev–Trinajstić information content (AvgIpc) is 3.01. The number of fused-ring (bicyclic) bond motifs is 1. The molecule has 96 valence electrons. The number of aromatic nitrogens is 2. The van der Waals surface area contributed by atoms with Crippen LogP contribution in [0.5, 0.6) is 0 Å². The fourth-order valence-electron chi connectivity index (χ4n) is 1.75. The van der Waals surface area contributed by atoms with Gasteiger partial charge < -0.3 is 9.84 Å². The highest BCUT2D eigenvalue weighted by atomic mass is 32.1. The van der Waals surface area contributed by atoms with Crippen LogP contribution in [0.2, 0.25) is 0 Å². The van der Waals surface area contributed by atoms with Gasteiger partial charge in [0.2, 0.25) is 5.89 Å². The molecule has 0 aliphatic rings. The summed E-state index contributed by atoms with van der Waals surface area (Å²) in [5, 5.41) is 7.58. The van der Waals surface area contributed by atoms with Gasteiger partial charge in [-0.25, -0.2) is 0 Å². The van der Waals surface area contributed by atoms with Crippen LogP contribution in [0.4, 0.5) is 0 Å². The number of nitrogens with one attached hydrogen (secondary N) is 1. The lowest BCUT2D eigenvalue weighted by Crippen LogP contribution is -2.22. The third kappa shape index (κ3) is 2.48. The fraction of sp³-hybridized carbons (Fsp3) is 0.154. The number of amides is 1. The number of carbonyl (C=O) groups excluding carboxylic acids is 1. The van der Waals surface area contributed by atoms with E-state index >= 15 is 0 Å². The van der Waals surface area contributed by atoms with Gasteiger partial charge >= 0.3 is 0 Å². The molecule has 2 aromatic heterocycles. The van der Waals surface area contributed by atoms with Crippen molar-refractivity contribution in [1.82, 2.24) is 15.5 Å². The van der Waals surface area contributed by atoms with E-state index in [1.165, 1.54) is 11.3 Å². The maximum Gasteiger partial charge on any atom is 0.261 e. The lowest BCUT2D eigenvalue weighted by atomic mass is 10.2. The van der Waals surface area contributed by atoms with Gasteiger partial charge in [-0.05, 0) is 17.5 Å². The van der Waals surface area contributed by atoms with Crippen LogP contribution in [0.3, 0.4) is 0 Å². The molecule has 0 unspecified atom stereocenters. The largest absolute Gasteiger partial charge is 0.344 e. The Morgan fingerprint density at radius 2 is 2.26 bits per heavy atom. The van der Waals surface area contributed by atoms with E-state index in [0.29, 0.717) is 16.6 Å². The molecule has 0 aliphatic carbocycles. The van der Waals surface area contributed by atoms with Crippen molar-refractivity contribution >= 4 is 27.3 Å². The quantitative estimate of drug-likeness (QED) is 0.796. The summed E-state index contributed by atoms with van der Waals surface area (Å²) in [5.41, 5.74) is 0. The highest BCUT2D eigenvalue weighted by Crippen LogP contribution is 2.25. The lowest BCUT2D eigenvalue weighted by Gasteiger charge is -1.98. The first-order valence-electron chi connectivity index (χ1n) is 5.78. The van der Waals surface area contributed by atoms with E-state index in [-0.39, 0.29) is 12.5 Å². The molecule has 3 aromatic rings. The number of hydrogen-bond donors (Lipinski definition) is 1. The normalized spacial score (nSPS) is 10.8. The number of benzene rings is 1. The van der Waals surface area contributed by atoms with Crippen molar-refractivity contribution in [1.29, 1.82) is 0 Å². The van der Waals surface area contributed by atoms with E-state index < -0.39 is 0 Å². The molecule has 0 saturated heterocycles. The van der Waals surface area contributed by atoms with E-state index in [0.717, 1.165) is 10.1 Å². The first-order chi connectivity index (χ1) is 9.22. The van der Waals surface area contributed by atoms with Crippen LogP contribution in [0.1, 0.15) is 21.4 Å². The molecule has 0 saturated carbocycles. The summed E-state index contributed by atoms with van der Waals surface area (Å²) in [4.78, 5) is 16.7. The molecule has 0 aliphatic heterocycles. The Morgan fingerprint density at radius 3 is 3.00 bits per heavy atom. The van der Waals surface area contributed by atoms with Crippen molar-refractivity contribution < 1.29 is 9.32 Å². The van der Waals surface area contributed by atoms with Gasteiger partial charge in [0.1, 0.15) is 0 Å². The molecule has 19 heavy (non-hydrogen) atoms. The average molecular weight is 273 g/mol. The van der Waals surface area contributed by atoms with Gasteiger partial charge in [-0.1, -0.05) is 23.4 Å². The molecule has 5 nitrogen and oxygen atoms in total. The molecule has 0 bridgehead atoms. The molecule has 6 heteroatoms. The molecule has 2 heterocycles. The standard InChI is InChI=1S/C13H11N3O2S/c1-8-15-12(16-18-8)7-14-13(17)11-6-9-4-2-3-5-10(9)19-11/h2-6H,7H2,1H3,(H,14,17). The van der Waals surface area contributed by atoms with E-state index in [9.17, 15) is 4.79 Å². The number of hydrogen-bond acceptors (Lipinski definition) is 5. The van der Waals surface area contributed by atoms with Gasteiger partial charge in [0.15, 0.2) is 5.82 Å². The summed E-state index contributed by atoms with van der Waals surface area (Å²) in [6.45, 7) is 1.98. The molecule has 0 atom stereocenters. The molecule has 1 aromatic carbocycles. The van der Waals surface area contributed by atoms with Gasteiger partial charge in [0.05, 0.1) is 11.4 Å². The van der Waals surface area contributed by atoms with Crippen molar-refractivity contribution in [3.8, 4) is 0 Å². The summed E-state index contributed by atoms with van der Waals surface area (Å²) >= 11 is 1.47. The van der Waals surface area contributed by atoms with E-state index in [1.54, 1.807) is 6.92 Å². The number of thiophene rings is 1. The number of aryl methyl sites for hydroxylation is 1. The summed E-state index contributed by atoms with van der Waals surface area (Å²) in [6.07, 6.45) is 0. The SMILES string of the molecule is Cc1nc(CNC(=O)c2cc3ccccc3s2)no1. The molecular formula is C13H11N3O2S. The highest BCUT2D eigenvalue weighted by molar-refractivity contribution is 7.20. The smallest absolute Gasteiger partial charge is 0.261 e. The Morgan fingerprint density at radius 1 is 1.42 bits per heavy atom. The van der Waals surface area contributed by atoms with Crippen LogP contribution in [0.25, 0.3) is 10.1 Å². The Kier molecular flexibility index (Phi) is 3.00. The van der Waals surface area contributed by atoms with Gasteiger partial charge in [-0.3, -0.25) is 4.79 Å². The van der Waals surface area contributed by atoms with Crippen molar-refractivity contribution in [3.05, 3.63) is 46.9 Å². The minimum absolute atomic E-state index is 0.122. The predicted molar refractivity (Wildman–Crippen MR) is 72.0 cm³/mol. The van der Waals surface area contributed by atoms with Gasteiger partial charge in [-0.15, -0.1) is 11.3 Å². The topological polar surface area (TPSA) is 68.0 Å². The van der Waals surface area contributed by atoms with Gasteiger partial charge in [-0.2, -0.15) is 4.98 Å². The Balaban J connectivity index is 1.73. The zero-order valence-corrected chi connectivity index (χ0v) is 11.0. The van der Waals surface area contributed by atoms with Crippen molar-refractivity contribution in [2.75, 3.05) is 0 Å². The van der Waals surface area contributed by atoms with Gasteiger partial charge in [0, 0.05) is 11.6 Å². The third-order valence-electron chi connectivity index (χ3n) is 2.63. The Hall–Kier alpha value is -2.21. The van der Waals surface area contributed by atoms with Crippen LogP contribution in [0, 0.1) is 6.92 Å². The van der Waals surface area contributed by atoms with Crippen molar-refractivity contribution in [2.24, 2.45) is 0 Å². The third-order valence-corrected chi connectivity index (χ3v) is 3.74. The molecule has 0 fully saturated rings. The van der Waals surface area contributed by atoms with Crippen LogP contribution in [-0.4, -0.2) is 16.0 Å². The molecule has 1 amide bonds. The molecule has 1 N–H and O–H groups in total. The summed E-state index contributed by atoms with van der Waals surface area (Å²) in [6, 6.07) is 9.79. The van der Waals surface area contributed by atoms with E-state index in [1.807, 2.05) is 30.3 Å². The summed E-state index contributed by atoms with van der Waals surface area (Å²) in [7, 11) is 0. The number of nitrogens with zero attached hydrogens (tertiary/aromatic N) is 2. The molecule has 0 spiro atoms. The maximum atomic E-state index is 12.0. The summed E-state index contributed by atoms with van der Waals surface area (Å²) < 4.78 is 5.94. The number of carbonyl (C=O) groups is 1. The first kappa shape index (κ1) is 11.9. The molecular weight excluding hydrogens is 262 g/mol. The van der Waals surface area contributed by atoms with E-state index in [4.69, 9.17) is 4.52 Å². The van der Waals surface area contributed by atoms with E-state index in [2.05, 4.69) is 15.5 Å². The second-order valence-corrected chi connectivity index (χ2v) is 5.14. The molecule has 3 rings (SSSR count). The van der Waals surface area contributed by atoms with Crippen molar-refractivity contribution in [3.63, 3.8) is 0 Å². The Labute approximate surface area is 113 Å². The van der Waals surface area contributed by atoms with Crippen LogP contribution < -0.4 is 5.32 Å². The summed E-state index contributed by atoms with van der Waals surface area (Å²) in [5.74, 6) is 0.849. The van der Waals surface area contributed by atoms with Crippen LogP contribution in [-0.2, 0) is 6.54 Å². The minimum atomic E-state index is -0.122. The fourth-order valence-corrected chi connectivity index (χ4v) is 2.73. The zero-order valence-electron chi connectivity index (χ0n) is 10.2. The monoisotopic (exact) mass is 273 g/mol. The maximum absolute atomic E-state index is 12.0. The van der Waals surface area contributed by atoms with Crippen molar-refractivity contribution in [2.45, 2.75) is 13.5 Å². The predicted octanol–water partition coefficient (Wildman–Crippen LogP) is 2.52. The van der Waals surface area contributed by atoms with Gasteiger partial charge in [0.25, 0.3) is 5.91 Å².